The molecule has 0 atom stereocenters. The third-order valence-electron chi connectivity index (χ3n) is 2.47. The highest BCUT2D eigenvalue weighted by Crippen LogP contribution is 2.31. The van der Waals surface area contributed by atoms with Crippen LogP contribution in [0.5, 0.6) is 11.5 Å². The Labute approximate surface area is 106 Å². The van der Waals surface area contributed by atoms with Crippen LogP contribution in [0.4, 0.5) is 5.69 Å². The van der Waals surface area contributed by atoms with E-state index in [-0.39, 0.29) is 0 Å². The first-order valence-corrected chi connectivity index (χ1v) is 5.53. The number of hydrogen-bond acceptors (Lipinski definition) is 4. The van der Waals surface area contributed by atoms with Gasteiger partial charge in [-0.1, -0.05) is 12.1 Å². The van der Waals surface area contributed by atoms with Gasteiger partial charge < -0.3 is 4.74 Å². The van der Waals surface area contributed by atoms with Gasteiger partial charge in [0.15, 0.2) is 11.9 Å². The lowest BCUT2D eigenvalue weighted by Crippen LogP contribution is -2.09. The van der Waals surface area contributed by atoms with E-state index in [0.717, 1.165) is 11.4 Å². The van der Waals surface area contributed by atoms with Gasteiger partial charge in [0.25, 0.3) is 0 Å². The quantitative estimate of drug-likeness (QED) is 0.610. The van der Waals surface area contributed by atoms with Crippen LogP contribution < -0.4 is 9.64 Å². The Morgan fingerprint density at radius 1 is 1.28 bits per heavy atom. The van der Waals surface area contributed by atoms with Gasteiger partial charge in [0, 0.05) is 25.0 Å². The minimum Gasteiger partial charge on any atom is -0.455 e. The van der Waals surface area contributed by atoms with Crippen LogP contribution >= 0.6 is 0 Å². The van der Waals surface area contributed by atoms with Crippen molar-refractivity contribution < 1.29 is 4.74 Å². The number of aromatic nitrogens is 1. The lowest BCUT2D eigenvalue weighted by molar-refractivity contribution is 0.482. The van der Waals surface area contributed by atoms with E-state index in [1.807, 2.05) is 37.3 Å². The standard InChI is InChI=1S/C14H13N3O/c1-11-9-12(7-8-16-11)18-14-6-4-3-5-13(14)17(2)10-15/h3-9H,1-2H3. The van der Waals surface area contributed by atoms with Crippen molar-refractivity contribution in [3.63, 3.8) is 0 Å². The molecule has 0 unspecified atom stereocenters. The molecular formula is C14H13N3O. The van der Waals surface area contributed by atoms with Crippen LogP contribution in [0.2, 0.25) is 0 Å². The molecule has 4 nitrogen and oxygen atoms in total. The SMILES string of the molecule is Cc1cc(Oc2ccccc2N(C)C#N)ccn1. The molecule has 18 heavy (non-hydrogen) atoms. The fraction of sp³-hybridized carbons (Fsp3) is 0.143. The summed E-state index contributed by atoms with van der Waals surface area (Å²) in [6, 6.07) is 11.1. The van der Waals surface area contributed by atoms with E-state index in [1.54, 1.807) is 19.3 Å². The molecule has 0 spiro atoms. The van der Waals surface area contributed by atoms with Gasteiger partial charge in [0.1, 0.15) is 5.75 Å². The highest BCUT2D eigenvalue weighted by atomic mass is 16.5. The molecule has 1 aromatic carbocycles. The van der Waals surface area contributed by atoms with Gasteiger partial charge in [-0.05, 0) is 25.1 Å². The first-order chi connectivity index (χ1) is 8.70. The minimum atomic E-state index is 0.646. The Hall–Kier alpha value is -2.54. The molecule has 0 saturated carbocycles. The molecule has 0 saturated heterocycles. The molecule has 1 aromatic heterocycles. The molecule has 0 N–H and O–H groups in total. The average Bonchev–Trinajstić information content (AvgIpc) is 2.38. The second-order valence-corrected chi connectivity index (χ2v) is 3.86. The molecule has 0 radical (unpaired) electrons. The van der Waals surface area contributed by atoms with Crippen molar-refractivity contribution in [1.29, 1.82) is 5.26 Å². The Morgan fingerprint density at radius 2 is 2.06 bits per heavy atom. The molecule has 0 bridgehead atoms. The predicted molar refractivity (Wildman–Crippen MR) is 69.5 cm³/mol. The number of rotatable bonds is 3. The summed E-state index contributed by atoms with van der Waals surface area (Å²) in [5.74, 6) is 1.36. The van der Waals surface area contributed by atoms with Crippen molar-refractivity contribution in [2.24, 2.45) is 0 Å². The highest BCUT2D eigenvalue weighted by Gasteiger charge is 2.08. The van der Waals surface area contributed by atoms with Crippen LogP contribution in [0, 0.1) is 18.4 Å². The number of anilines is 1. The summed E-state index contributed by atoms with van der Waals surface area (Å²) in [4.78, 5) is 5.57. The van der Waals surface area contributed by atoms with Gasteiger partial charge in [-0.3, -0.25) is 9.88 Å². The maximum absolute atomic E-state index is 8.93. The fourth-order valence-electron chi connectivity index (χ4n) is 1.58. The molecule has 2 aromatic rings. The second-order valence-electron chi connectivity index (χ2n) is 3.86. The third kappa shape index (κ3) is 2.58. The molecular weight excluding hydrogens is 226 g/mol. The van der Waals surface area contributed by atoms with E-state index in [4.69, 9.17) is 10.00 Å². The molecule has 0 aliphatic carbocycles. The largest absolute Gasteiger partial charge is 0.455 e. The summed E-state index contributed by atoms with van der Waals surface area (Å²) >= 11 is 0. The van der Waals surface area contributed by atoms with Crippen molar-refractivity contribution in [3.05, 3.63) is 48.3 Å². The number of ether oxygens (including phenoxy) is 1. The first-order valence-electron chi connectivity index (χ1n) is 5.53. The van der Waals surface area contributed by atoms with Gasteiger partial charge in [-0.25, -0.2) is 0 Å². The van der Waals surface area contributed by atoms with Gasteiger partial charge >= 0.3 is 0 Å². The van der Waals surface area contributed by atoms with E-state index in [1.165, 1.54) is 4.90 Å². The van der Waals surface area contributed by atoms with Crippen molar-refractivity contribution in [3.8, 4) is 17.7 Å². The van der Waals surface area contributed by atoms with Gasteiger partial charge in [0.05, 0.1) is 5.69 Å². The highest BCUT2D eigenvalue weighted by molar-refractivity contribution is 5.61. The summed E-state index contributed by atoms with van der Waals surface area (Å²) in [6.45, 7) is 1.90. The first kappa shape index (κ1) is 11.9. The molecule has 2 rings (SSSR count). The molecule has 0 fully saturated rings. The topological polar surface area (TPSA) is 49.1 Å². The van der Waals surface area contributed by atoms with Gasteiger partial charge in [0.2, 0.25) is 0 Å². The molecule has 90 valence electrons. The van der Waals surface area contributed by atoms with Crippen molar-refractivity contribution in [1.82, 2.24) is 4.98 Å². The predicted octanol–water partition coefficient (Wildman–Crippen LogP) is 3.10. The lowest BCUT2D eigenvalue weighted by Gasteiger charge is -2.14. The third-order valence-corrected chi connectivity index (χ3v) is 2.47. The zero-order valence-corrected chi connectivity index (χ0v) is 10.3. The van der Waals surface area contributed by atoms with Crippen molar-refractivity contribution >= 4 is 5.69 Å². The summed E-state index contributed by atoms with van der Waals surface area (Å²) < 4.78 is 5.78. The Bertz CT molecular complexity index is 590. The van der Waals surface area contributed by atoms with Crippen LogP contribution in [0.3, 0.4) is 0 Å². The summed E-state index contributed by atoms with van der Waals surface area (Å²) in [5.41, 5.74) is 1.62. The number of nitrogens with zero attached hydrogens (tertiary/aromatic N) is 3. The number of hydrogen-bond donors (Lipinski definition) is 0. The monoisotopic (exact) mass is 239 g/mol. The number of nitriles is 1. The zero-order valence-electron chi connectivity index (χ0n) is 10.3. The summed E-state index contributed by atoms with van der Waals surface area (Å²) in [6.07, 6.45) is 3.76. The smallest absolute Gasteiger partial charge is 0.184 e. The maximum Gasteiger partial charge on any atom is 0.184 e. The fourth-order valence-corrected chi connectivity index (χ4v) is 1.58. The van der Waals surface area contributed by atoms with Crippen LogP contribution in [-0.2, 0) is 0 Å². The Balaban J connectivity index is 2.32. The van der Waals surface area contributed by atoms with Gasteiger partial charge in [-0.2, -0.15) is 5.26 Å². The normalized spacial score (nSPS) is 9.61. The van der Waals surface area contributed by atoms with Crippen LogP contribution in [0.1, 0.15) is 5.69 Å². The summed E-state index contributed by atoms with van der Waals surface area (Å²) in [7, 11) is 1.69. The zero-order chi connectivity index (χ0) is 13.0. The molecule has 4 heteroatoms. The molecule has 0 aliphatic heterocycles. The number of benzene rings is 1. The number of aryl methyl sites for hydroxylation is 1. The van der Waals surface area contributed by atoms with E-state index in [2.05, 4.69) is 11.2 Å². The van der Waals surface area contributed by atoms with E-state index in [0.29, 0.717) is 11.5 Å². The number of pyridine rings is 1. The van der Waals surface area contributed by atoms with Crippen LogP contribution in [0.25, 0.3) is 0 Å². The van der Waals surface area contributed by atoms with Crippen molar-refractivity contribution in [2.45, 2.75) is 6.92 Å². The van der Waals surface area contributed by atoms with Crippen LogP contribution in [-0.4, -0.2) is 12.0 Å². The van der Waals surface area contributed by atoms with E-state index in [9.17, 15) is 0 Å². The van der Waals surface area contributed by atoms with Crippen LogP contribution in [0.15, 0.2) is 42.6 Å². The molecule has 0 aliphatic rings. The maximum atomic E-state index is 8.93. The lowest BCUT2D eigenvalue weighted by atomic mass is 10.2. The minimum absolute atomic E-state index is 0.646. The van der Waals surface area contributed by atoms with Crippen molar-refractivity contribution in [2.75, 3.05) is 11.9 Å². The summed E-state index contributed by atoms with van der Waals surface area (Å²) in [5, 5.41) is 8.93. The van der Waals surface area contributed by atoms with E-state index >= 15 is 0 Å². The molecule has 0 amide bonds. The number of para-hydroxylation sites is 2. The molecule has 1 heterocycles. The Kier molecular flexibility index (Phi) is 3.44. The van der Waals surface area contributed by atoms with E-state index < -0.39 is 0 Å². The second kappa shape index (κ2) is 5.19. The van der Waals surface area contributed by atoms with Gasteiger partial charge in [-0.15, -0.1) is 0 Å². The average molecular weight is 239 g/mol. The Morgan fingerprint density at radius 3 is 2.78 bits per heavy atom.